The largest absolute Gasteiger partial charge is 0.460 e. The molecule has 172 valence electrons. The Morgan fingerprint density at radius 3 is 2.47 bits per heavy atom. The van der Waals surface area contributed by atoms with Gasteiger partial charge in [0.05, 0.1) is 6.04 Å². The van der Waals surface area contributed by atoms with E-state index in [0.717, 1.165) is 11.1 Å². The maximum atomic E-state index is 14.3. The molecule has 1 aliphatic heterocycles. The molecule has 0 aromatic heterocycles. The zero-order valence-corrected chi connectivity index (χ0v) is 21.2. The van der Waals surface area contributed by atoms with E-state index in [4.69, 9.17) is 21.5 Å². The molecular formula is C23H29N2O4PS2. The van der Waals surface area contributed by atoms with Crippen LogP contribution in [0.15, 0.2) is 54.6 Å². The summed E-state index contributed by atoms with van der Waals surface area (Å²) in [5, 5.41) is 2.93. The van der Waals surface area contributed by atoms with Crippen molar-refractivity contribution in [3.8, 4) is 5.75 Å². The SMILES string of the molecule is Cc1ccc(O[P@](=O)(N[C@@H](C)C(=O)OCc2ccccc2)N2C(=S)SC[C@@H]2C(C)C)cc1. The number of carbonyl (C=O) groups is 1. The monoisotopic (exact) mass is 492 g/mol. The van der Waals surface area contributed by atoms with E-state index in [1.54, 1.807) is 23.7 Å². The molecule has 3 atom stereocenters. The van der Waals surface area contributed by atoms with Crippen LogP contribution in [0.2, 0.25) is 0 Å². The molecule has 0 amide bonds. The first-order valence-corrected chi connectivity index (χ1v) is 13.5. The minimum absolute atomic E-state index is 0.0798. The second-order valence-corrected chi connectivity index (χ2v) is 11.7. The highest BCUT2D eigenvalue weighted by Crippen LogP contribution is 2.54. The van der Waals surface area contributed by atoms with Crippen LogP contribution >= 0.6 is 31.7 Å². The van der Waals surface area contributed by atoms with Crippen molar-refractivity contribution in [3.63, 3.8) is 0 Å². The van der Waals surface area contributed by atoms with Gasteiger partial charge in [-0.25, -0.2) is 9.65 Å². The van der Waals surface area contributed by atoms with E-state index in [0.29, 0.717) is 15.8 Å². The molecule has 1 saturated heterocycles. The van der Waals surface area contributed by atoms with Crippen LogP contribution in [-0.2, 0) is 20.7 Å². The Morgan fingerprint density at radius 1 is 1.19 bits per heavy atom. The molecule has 9 heteroatoms. The number of thioether (sulfide) groups is 1. The first-order chi connectivity index (χ1) is 15.2. The van der Waals surface area contributed by atoms with E-state index < -0.39 is 19.7 Å². The van der Waals surface area contributed by atoms with Gasteiger partial charge in [0.15, 0.2) is 0 Å². The highest BCUT2D eigenvalue weighted by Gasteiger charge is 2.47. The molecule has 0 saturated carbocycles. The highest BCUT2D eigenvalue weighted by molar-refractivity contribution is 8.23. The van der Waals surface area contributed by atoms with Crippen LogP contribution in [0.4, 0.5) is 0 Å². The molecule has 0 aliphatic carbocycles. The van der Waals surface area contributed by atoms with Gasteiger partial charge in [0, 0.05) is 5.75 Å². The zero-order chi connectivity index (χ0) is 23.3. The van der Waals surface area contributed by atoms with Crippen molar-refractivity contribution in [1.29, 1.82) is 0 Å². The zero-order valence-electron chi connectivity index (χ0n) is 18.7. The molecule has 1 fully saturated rings. The van der Waals surface area contributed by atoms with E-state index in [2.05, 4.69) is 18.9 Å². The molecule has 0 unspecified atom stereocenters. The molecule has 0 spiro atoms. The molecule has 32 heavy (non-hydrogen) atoms. The van der Waals surface area contributed by atoms with E-state index in [1.165, 1.54) is 11.8 Å². The van der Waals surface area contributed by atoms with Crippen molar-refractivity contribution in [3.05, 3.63) is 65.7 Å². The maximum absolute atomic E-state index is 14.3. The summed E-state index contributed by atoms with van der Waals surface area (Å²) in [7, 11) is -3.76. The summed E-state index contributed by atoms with van der Waals surface area (Å²) >= 11 is 7.01. The third-order valence-corrected chi connectivity index (χ3v) is 9.12. The molecule has 1 N–H and O–H groups in total. The minimum atomic E-state index is -3.76. The summed E-state index contributed by atoms with van der Waals surface area (Å²) in [5.41, 5.74) is 1.94. The first-order valence-electron chi connectivity index (χ1n) is 10.5. The molecule has 2 aromatic carbocycles. The van der Waals surface area contributed by atoms with Crippen LogP contribution in [0.1, 0.15) is 31.9 Å². The summed E-state index contributed by atoms with van der Waals surface area (Å²) in [4.78, 5) is 12.7. The Morgan fingerprint density at radius 2 is 1.84 bits per heavy atom. The summed E-state index contributed by atoms with van der Waals surface area (Å²) in [6.07, 6.45) is 0. The molecular weight excluding hydrogens is 463 g/mol. The summed E-state index contributed by atoms with van der Waals surface area (Å²) in [6, 6.07) is 15.8. The lowest BCUT2D eigenvalue weighted by atomic mass is 10.1. The van der Waals surface area contributed by atoms with Crippen LogP contribution in [0, 0.1) is 12.8 Å². The van der Waals surface area contributed by atoms with Crippen molar-refractivity contribution < 1.29 is 18.6 Å². The second kappa shape index (κ2) is 10.8. The number of ether oxygens (including phenoxy) is 1. The van der Waals surface area contributed by atoms with Gasteiger partial charge in [0.2, 0.25) is 0 Å². The highest BCUT2D eigenvalue weighted by atomic mass is 32.2. The molecule has 1 aliphatic rings. The normalized spacial score (nSPS) is 19.0. The van der Waals surface area contributed by atoms with Crippen molar-refractivity contribution in [2.75, 3.05) is 5.75 Å². The van der Waals surface area contributed by atoms with E-state index in [9.17, 15) is 9.36 Å². The van der Waals surface area contributed by atoms with Gasteiger partial charge in [-0.05, 0) is 37.5 Å². The van der Waals surface area contributed by atoms with Crippen LogP contribution in [0.5, 0.6) is 5.75 Å². The van der Waals surface area contributed by atoms with Crippen LogP contribution in [0.3, 0.4) is 0 Å². The maximum Gasteiger partial charge on any atom is 0.421 e. The van der Waals surface area contributed by atoms with Gasteiger partial charge in [0.1, 0.15) is 22.7 Å². The predicted octanol–water partition coefficient (Wildman–Crippen LogP) is 5.56. The fourth-order valence-electron chi connectivity index (χ4n) is 3.23. The summed E-state index contributed by atoms with van der Waals surface area (Å²) in [6.45, 7) is 7.84. The summed E-state index contributed by atoms with van der Waals surface area (Å²) < 4.78 is 27.9. The van der Waals surface area contributed by atoms with Crippen molar-refractivity contribution >= 4 is 41.9 Å². The van der Waals surface area contributed by atoms with Gasteiger partial charge in [-0.1, -0.05) is 85.9 Å². The number of esters is 1. The molecule has 3 rings (SSSR count). The number of nitrogens with one attached hydrogen (secondary N) is 1. The third kappa shape index (κ3) is 6.13. The van der Waals surface area contributed by atoms with E-state index >= 15 is 0 Å². The molecule has 1 heterocycles. The van der Waals surface area contributed by atoms with Crippen LogP contribution < -0.4 is 9.61 Å². The lowest BCUT2D eigenvalue weighted by Gasteiger charge is -2.36. The lowest BCUT2D eigenvalue weighted by Crippen LogP contribution is -2.44. The number of rotatable bonds is 9. The fourth-order valence-corrected chi connectivity index (χ4v) is 7.84. The standard InChI is InChI=1S/C23H29N2O4PS2/c1-16(2)21-15-32-23(31)25(21)30(27,29-20-12-10-17(3)11-13-20)24-18(4)22(26)28-14-19-8-6-5-7-9-19/h5-13,16,18,21H,14-15H2,1-4H3,(H,24,27)/t18-,21+,30+/m0/s1. The molecule has 2 aromatic rings. The van der Waals surface area contributed by atoms with Crippen molar-refractivity contribution in [1.82, 2.24) is 9.76 Å². The average Bonchev–Trinajstić information content (AvgIpc) is 3.17. The van der Waals surface area contributed by atoms with E-state index in [-0.39, 0.29) is 18.6 Å². The van der Waals surface area contributed by atoms with E-state index in [1.807, 2.05) is 49.4 Å². The number of aryl methyl sites for hydroxylation is 1. The van der Waals surface area contributed by atoms with Gasteiger partial charge < -0.3 is 9.26 Å². The number of hydrogen-bond donors (Lipinski definition) is 1. The molecule has 0 radical (unpaired) electrons. The van der Waals surface area contributed by atoms with Crippen LogP contribution in [-0.4, -0.2) is 32.8 Å². The number of nitrogens with zero attached hydrogens (tertiary/aromatic N) is 1. The Balaban J connectivity index is 1.81. The topological polar surface area (TPSA) is 67.9 Å². The number of hydrogen-bond acceptors (Lipinski definition) is 6. The van der Waals surface area contributed by atoms with Crippen LogP contribution in [0.25, 0.3) is 0 Å². The van der Waals surface area contributed by atoms with Gasteiger partial charge in [-0.15, -0.1) is 0 Å². The van der Waals surface area contributed by atoms with Gasteiger partial charge >= 0.3 is 13.6 Å². The number of benzene rings is 2. The molecule has 6 nitrogen and oxygen atoms in total. The van der Waals surface area contributed by atoms with Crippen molar-refractivity contribution in [2.45, 2.75) is 46.4 Å². The van der Waals surface area contributed by atoms with Gasteiger partial charge in [-0.3, -0.25) is 9.46 Å². The van der Waals surface area contributed by atoms with Crippen molar-refractivity contribution in [2.24, 2.45) is 5.92 Å². The Labute approximate surface area is 199 Å². The van der Waals surface area contributed by atoms with Gasteiger partial charge in [-0.2, -0.15) is 0 Å². The fraction of sp³-hybridized carbons (Fsp3) is 0.391. The summed E-state index contributed by atoms with van der Waals surface area (Å²) in [5.74, 6) is 0.839. The Kier molecular flexibility index (Phi) is 8.39. The third-order valence-electron chi connectivity index (χ3n) is 5.12. The first kappa shape index (κ1) is 24.8. The lowest BCUT2D eigenvalue weighted by molar-refractivity contribution is -0.146. The second-order valence-electron chi connectivity index (χ2n) is 8.10. The molecule has 0 bridgehead atoms. The Bertz CT molecular complexity index is 985. The number of thiocarbonyl (C=S) groups is 1. The van der Waals surface area contributed by atoms with Gasteiger partial charge in [0.25, 0.3) is 0 Å². The minimum Gasteiger partial charge on any atom is -0.460 e. The predicted molar refractivity (Wildman–Crippen MR) is 134 cm³/mol. The number of carbonyl (C=O) groups excluding carboxylic acids is 1. The average molecular weight is 493 g/mol. The quantitative estimate of drug-likeness (QED) is 0.277. The smallest absolute Gasteiger partial charge is 0.421 e. The Hall–Kier alpha value is -1.86.